The van der Waals surface area contributed by atoms with Crippen molar-refractivity contribution < 1.29 is 9.53 Å². The molecule has 0 aliphatic carbocycles. The number of aromatic nitrogens is 2. The van der Waals surface area contributed by atoms with Crippen LogP contribution < -0.4 is 5.69 Å². The molecule has 1 aliphatic heterocycles. The lowest BCUT2D eigenvalue weighted by molar-refractivity contribution is 0.0585. The van der Waals surface area contributed by atoms with Crippen LogP contribution in [-0.2, 0) is 17.7 Å². The minimum absolute atomic E-state index is 0.0719. The Morgan fingerprint density at radius 2 is 1.59 bits per heavy atom. The summed E-state index contributed by atoms with van der Waals surface area (Å²) in [6.07, 6.45) is 3.25. The molecule has 7 nitrogen and oxygen atoms in total. The molecule has 4 aromatic rings. The van der Waals surface area contributed by atoms with Gasteiger partial charge >= 0.3 is 11.8 Å². The highest BCUT2D eigenvalue weighted by Gasteiger charge is 2.27. The third-order valence-electron chi connectivity index (χ3n) is 7.77. The monoisotopic (exact) mass is 526 g/mol. The normalized spacial score (nSPS) is 15.1. The first kappa shape index (κ1) is 26.8. The number of amides is 1. The number of ether oxygens (including phenoxy) is 1. The number of benzene rings is 3. The smallest absolute Gasteiger partial charge is 0.409 e. The van der Waals surface area contributed by atoms with E-state index in [1.165, 1.54) is 11.1 Å². The zero-order valence-corrected chi connectivity index (χ0v) is 22.7. The van der Waals surface area contributed by atoms with Crippen LogP contribution in [0, 0.1) is 0 Å². The van der Waals surface area contributed by atoms with Gasteiger partial charge in [-0.3, -0.25) is 9.47 Å². The van der Waals surface area contributed by atoms with Crippen molar-refractivity contribution in [2.45, 2.75) is 51.2 Å². The van der Waals surface area contributed by atoms with Crippen molar-refractivity contribution in [2.24, 2.45) is 0 Å². The van der Waals surface area contributed by atoms with Crippen LogP contribution in [0.4, 0.5) is 4.79 Å². The average Bonchev–Trinajstić information content (AvgIpc) is 3.32. The summed E-state index contributed by atoms with van der Waals surface area (Å²) in [5, 5.41) is 0. The van der Waals surface area contributed by atoms with Crippen molar-refractivity contribution in [3.8, 4) is 0 Å². The number of carbonyl (C=O) groups excluding carboxylic acids is 1. The van der Waals surface area contributed by atoms with Crippen molar-refractivity contribution in [3.63, 3.8) is 0 Å². The lowest BCUT2D eigenvalue weighted by atomic mass is 10.0. The van der Waals surface area contributed by atoms with E-state index in [4.69, 9.17) is 4.74 Å². The van der Waals surface area contributed by atoms with Crippen molar-refractivity contribution in [2.75, 3.05) is 26.2 Å². The first-order chi connectivity index (χ1) is 19.1. The fraction of sp³-hybridized carbons (Fsp3) is 0.375. The first-order valence-electron chi connectivity index (χ1n) is 14.0. The molecule has 0 unspecified atom stereocenters. The number of nitrogens with one attached hydrogen (secondary N) is 1. The van der Waals surface area contributed by atoms with Crippen LogP contribution in [0.5, 0.6) is 0 Å². The van der Waals surface area contributed by atoms with E-state index in [9.17, 15) is 9.59 Å². The summed E-state index contributed by atoms with van der Waals surface area (Å²) in [5.41, 5.74) is 4.28. The number of H-pyrrole nitrogens is 1. The standard InChI is InChI=1S/C32H38N4O3/c1-25(35(23-27-13-6-3-7-14-27)20-10-15-26-11-4-2-5-12-26)24-39-32(38)34-21-18-28(19-22-34)36-30-17-9-8-16-29(30)33-31(36)37/h2-9,11-14,16-17,25,28H,10,15,18-24H2,1H3,(H,33,37)/t25-/m0/s1. The Morgan fingerprint density at radius 3 is 2.31 bits per heavy atom. The zero-order valence-electron chi connectivity index (χ0n) is 22.7. The number of carbonyl (C=O) groups is 1. The second kappa shape index (κ2) is 12.8. The Kier molecular flexibility index (Phi) is 8.78. The molecule has 39 heavy (non-hydrogen) atoms. The summed E-state index contributed by atoms with van der Waals surface area (Å²) in [4.78, 5) is 32.7. The maximum atomic E-state index is 13.0. The molecule has 3 aromatic carbocycles. The Morgan fingerprint density at radius 1 is 0.949 bits per heavy atom. The molecule has 1 aliphatic rings. The van der Waals surface area contributed by atoms with Crippen LogP contribution in [0.1, 0.15) is 43.4 Å². The summed E-state index contributed by atoms with van der Waals surface area (Å²) in [5.74, 6) is 0. The third-order valence-corrected chi connectivity index (χ3v) is 7.77. The van der Waals surface area contributed by atoms with E-state index in [1.54, 1.807) is 4.90 Å². The number of imidazole rings is 1. The van der Waals surface area contributed by atoms with E-state index in [1.807, 2.05) is 41.0 Å². The van der Waals surface area contributed by atoms with Gasteiger partial charge in [0.25, 0.3) is 0 Å². The number of nitrogens with zero attached hydrogens (tertiary/aromatic N) is 3. The van der Waals surface area contributed by atoms with Gasteiger partial charge in [0.2, 0.25) is 0 Å². The second-order valence-corrected chi connectivity index (χ2v) is 10.5. The van der Waals surface area contributed by atoms with E-state index in [0.29, 0.717) is 19.7 Å². The van der Waals surface area contributed by atoms with Crippen LogP contribution in [0.15, 0.2) is 89.7 Å². The number of aryl methyl sites for hydroxylation is 1. The molecule has 1 N–H and O–H groups in total. The zero-order chi connectivity index (χ0) is 27.0. The molecule has 0 spiro atoms. The SMILES string of the molecule is C[C@@H](COC(=O)N1CCC(n2c(=O)[nH]c3ccccc32)CC1)N(CCCc1ccccc1)Cc1ccccc1. The fourth-order valence-electron chi connectivity index (χ4n) is 5.54. The molecule has 0 radical (unpaired) electrons. The molecule has 0 bridgehead atoms. The molecule has 2 heterocycles. The topological polar surface area (TPSA) is 70.6 Å². The number of para-hydroxylation sites is 2. The van der Waals surface area contributed by atoms with E-state index < -0.39 is 0 Å². The van der Waals surface area contributed by atoms with E-state index in [-0.39, 0.29) is 23.9 Å². The molecule has 0 saturated carbocycles. The molecule has 1 saturated heterocycles. The van der Waals surface area contributed by atoms with Gasteiger partial charge in [-0.15, -0.1) is 0 Å². The highest BCUT2D eigenvalue weighted by atomic mass is 16.6. The van der Waals surface area contributed by atoms with Crippen LogP contribution in [0.2, 0.25) is 0 Å². The van der Waals surface area contributed by atoms with Crippen molar-refractivity contribution in [1.82, 2.24) is 19.4 Å². The van der Waals surface area contributed by atoms with Gasteiger partial charge in [-0.1, -0.05) is 72.8 Å². The first-order valence-corrected chi connectivity index (χ1v) is 14.0. The minimum Gasteiger partial charge on any atom is -0.448 e. The van der Waals surface area contributed by atoms with Gasteiger partial charge in [-0.25, -0.2) is 9.59 Å². The number of hydrogen-bond acceptors (Lipinski definition) is 4. The van der Waals surface area contributed by atoms with Gasteiger partial charge in [0.15, 0.2) is 0 Å². The fourth-order valence-corrected chi connectivity index (χ4v) is 5.54. The van der Waals surface area contributed by atoms with Crippen LogP contribution in [-0.4, -0.2) is 57.7 Å². The van der Waals surface area contributed by atoms with Gasteiger partial charge in [-0.2, -0.15) is 0 Å². The maximum absolute atomic E-state index is 13.0. The quantitative estimate of drug-likeness (QED) is 0.291. The number of hydrogen-bond donors (Lipinski definition) is 1. The lowest BCUT2D eigenvalue weighted by Crippen LogP contribution is -2.43. The number of piperidine rings is 1. The Balaban J connectivity index is 1.14. The Hall–Kier alpha value is -3.84. The number of aromatic amines is 1. The van der Waals surface area contributed by atoms with Crippen molar-refractivity contribution in [1.29, 1.82) is 0 Å². The number of likely N-dealkylation sites (tertiary alicyclic amines) is 1. The minimum atomic E-state index is -0.268. The van der Waals surface area contributed by atoms with Gasteiger partial charge in [0.1, 0.15) is 6.61 Å². The molecule has 5 rings (SSSR count). The van der Waals surface area contributed by atoms with E-state index in [2.05, 4.69) is 65.3 Å². The van der Waals surface area contributed by atoms with Crippen LogP contribution in [0.3, 0.4) is 0 Å². The number of fused-ring (bicyclic) bond motifs is 1. The average molecular weight is 527 g/mol. The molecule has 1 aromatic heterocycles. The molecule has 1 fully saturated rings. The molecular formula is C32H38N4O3. The second-order valence-electron chi connectivity index (χ2n) is 10.5. The van der Waals surface area contributed by atoms with E-state index >= 15 is 0 Å². The molecule has 204 valence electrons. The lowest BCUT2D eigenvalue weighted by Gasteiger charge is -2.33. The van der Waals surface area contributed by atoms with E-state index in [0.717, 1.165) is 49.8 Å². The maximum Gasteiger partial charge on any atom is 0.409 e. The highest BCUT2D eigenvalue weighted by Crippen LogP contribution is 2.25. The summed E-state index contributed by atoms with van der Waals surface area (Å²) >= 11 is 0. The molecule has 1 amide bonds. The van der Waals surface area contributed by atoms with Crippen molar-refractivity contribution in [3.05, 3.63) is 107 Å². The predicted molar refractivity (Wildman–Crippen MR) is 155 cm³/mol. The number of rotatable bonds is 10. The molecular weight excluding hydrogens is 488 g/mol. The van der Waals surface area contributed by atoms with Gasteiger partial charge in [0, 0.05) is 31.7 Å². The summed E-state index contributed by atoms with van der Waals surface area (Å²) in [6, 6.07) is 28.9. The summed E-state index contributed by atoms with van der Waals surface area (Å²) in [7, 11) is 0. The van der Waals surface area contributed by atoms with Gasteiger partial charge in [-0.05, 0) is 62.4 Å². The Bertz CT molecular complexity index is 1390. The molecule has 7 heteroatoms. The molecule has 1 atom stereocenters. The predicted octanol–water partition coefficient (Wildman–Crippen LogP) is 5.63. The highest BCUT2D eigenvalue weighted by molar-refractivity contribution is 5.75. The Labute approximate surface area is 230 Å². The van der Waals surface area contributed by atoms with Crippen molar-refractivity contribution >= 4 is 17.1 Å². The van der Waals surface area contributed by atoms with Crippen LogP contribution in [0.25, 0.3) is 11.0 Å². The summed E-state index contributed by atoms with van der Waals surface area (Å²) in [6.45, 7) is 5.38. The largest absolute Gasteiger partial charge is 0.448 e. The summed E-state index contributed by atoms with van der Waals surface area (Å²) < 4.78 is 7.66. The van der Waals surface area contributed by atoms with Gasteiger partial charge in [0.05, 0.1) is 11.0 Å². The third kappa shape index (κ3) is 6.79. The van der Waals surface area contributed by atoms with Gasteiger partial charge < -0.3 is 14.6 Å². The van der Waals surface area contributed by atoms with Crippen LogP contribution >= 0.6 is 0 Å².